The van der Waals surface area contributed by atoms with Crippen LogP contribution in [0.1, 0.15) is 6.92 Å². The average Bonchev–Trinajstić information content (AvgIpc) is 2.28. The number of hydrogen-bond acceptors (Lipinski definition) is 3. The van der Waals surface area contributed by atoms with Crippen LogP contribution in [0.5, 0.6) is 5.75 Å². The van der Waals surface area contributed by atoms with E-state index in [9.17, 15) is 8.78 Å². The molecular formula is C13H20F2N2O. The summed E-state index contributed by atoms with van der Waals surface area (Å²) in [6.45, 7) is 2.83. The lowest BCUT2D eigenvalue weighted by Gasteiger charge is -2.15. The fraction of sp³-hybridized carbons (Fsp3) is 0.538. The molecule has 1 rings (SSSR count). The van der Waals surface area contributed by atoms with E-state index in [0.29, 0.717) is 18.0 Å². The van der Waals surface area contributed by atoms with Gasteiger partial charge in [0.05, 0.1) is 6.04 Å². The standard InChI is InChI=1S/C13H20F2N2O/c1-10(13(14)15)16-11-5-4-6-12(9-11)18-8-7-17(2)3/h4-6,9-10,13,16H,7-8H2,1-3H3. The first-order chi connectivity index (χ1) is 8.49. The Morgan fingerprint density at radius 2 is 2.06 bits per heavy atom. The first-order valence-corrected chi connectivity index (χ1v) is 5.91. The van der Waals surface area contributed by atoms with Crippen molar-refractivity contribution in [3.05, 3.63) is 24.3 Å². The van der Waals surface area contributed by atoms with E-state index in [1.54, 1.807) is 18.2 Å². The van der Waals surface area contributed by atoms with Gasteiger partial charge in [0.25, 0.3) is 6.43 Å². The molecule has 5 heteroatoms. The van der Waals surface area contributed by atoms with Crippen molar-refractivity contribution in [3.8, 4) is 5.75 Å². The molecule has 1 aromatic carbocycles. The van der Waals surface area contributed by atoms with Crippen LogP contribution >= 0.6 is 0 Å². The van der Waals surface area contributed by atoms with Gasteiger partial charge >= 0.3 is 0 Å². The van der Waals surface area contributed by atoms with Gasteiger partial charge in [-0.3, -0.25) is 0 Å². The molecule has 1 N–H and O–H groups in total. The van der Waals surface area contributed by atoms with Crippen LogP contribution in [0.3, 0.4) is 0 Å². The molecule has 18 heavy (non-hydrogen) atoms. The second-order valence-electron chi connectivity index (χ2n) is 4.45. The van der Waals surface area contributed by atoms with Crippen molar-refractivity contribution in [1.29, 1.82) is 0 Å². The van der Waals surface area contributed by atoms with E-state index in [-0.39, 0.29) is 0 Å². The van der Waals surface area contributed by atoms with Crippen molar-refractivity contribution in [2.24, 2.45) is 0 Å². The summed E-state index contributed by atoms with van der Waals surface area (Å²) in [5.74, 6) is 0.684. The number of nitrogens with one attached hydrogen (secondary N) is 1. The highest BCUT2D eigenvalue weighted by atomic mass is 19.3. The third-order valence-corrected chi connectivity index (χ3v) is 2.41. The molecule has 0 aliphatic heterocycles. The van der Waals surface area contributed by atoms with Gasteiger partial charge in [-0.1, -0.05) is 6.07 Å². The number of alkyl halides is 2. The Morgan fingerprint density at radius 3 is 2.67 bits per heavy atom. The smallest absolute Gasteiger partial charge is 0.258 e. The Bertz CT molecular complexity index is 359. The van der Waals surface area contributed by atoms with E-state index in [4.69, 9.17) is 4.74 Å². The molecule has 0 amide bonds. The third-order valence-electron chi connectivity index (χ3n) is 2.41. The summed E-state index contributed by atoms with van der Waals surface area (Å²) < 4.78 is 30.3. The van der Waals surface area contributed by atoms with E-state index in [0.717, 1.165) is 6.54 Å². The summed E-state index contributed by atoms with van der Waals surface area (Å²) in [5.41, 5.74) is 0.644. The molecule has 0 aliphatic rings. The largest absolute Gasteiger partial charge is 0.492 e. The lowest BCUT2D eigenvalue weighted by molar-refractivity contribution is 0.130. The van der Waals surface area contributed by atoms with Gasteiger partial charge in [-0.25, -0.2) is 8.78 Å². The molecule has 0 fully saturated rings. The summed E-state index contributed by atoms with van der Waals surface area (Å²) in [6.07, 6.45) is -2.39. The molecule has 1 atom stereocenters. The molecule has 0 aromatic heterocycles. The maximum Gasteiger partial charge on any atom is 0.258 e. The summed E-state index contributed by atoms with van der Waals surface area (Å²) in [4.78, 5) is 2.01. The third kappa shape index (κ3) is 5.31. The van der Waals surface area contributed by atoms with Gasteiger partial charge in [0.1, 0.15) is 12.4 Å². The number of hydrogen-bond donors (Lipinski definition) is 1. The number of likely N-dealkylation sites (N-methyl/N-ethyl adjacent to an activating group) is 1. The van der Waals surface area contributed by atoms with Gasteiger partial charge < -0.3 is 15.0 Å². The predicted molar refractivity (Wildman–Crippen MR) is 69.6 cm³/mol. The number of halogens is 2. The van der Waals surface area contributed by atoms with Crippen LogP contribution in [0, 0.1) is 0 Å². The van der Waals surface area contributed by atoms with Gasteiger partial charge in [-0.05, 0) is 33.2 Å². The minimum Gasteiger partial charge on any atom is -0.492 e. The van der Waals surface area contributed by atoms with E-state index >= 15 is 0 Å². The highest BCUT2D eigenvalue weighted by Gasteiger charge is 2.13. The van der Waals surface area contributed by atoms with Crippen molar-refractivity contribution in [2.45, 2.75) is 19.4 Å². The van der Waals surface area contributed by atoms with Crippen molar-refractivity contribution < 1.29 is 13.5 Å². The monoisotopic (exact) mass is 258 g/mol. The number of benzene rings is 1. The van der Waals surface area contributed by atoms with Gasteiger partial charge in [-0.15, -0.1) is 0 Å². The minimum absolute atomic E-state index is 0.570. The Hall–Kier alpha value is -1.36. The second-order valence-corrected chi connectivity index (χ2v) is 4.45. The maximum atomic E-state index is 12.4. The number of anilines is 1. The molecule has 0 aliphatic carbocycles. The quantitative estimate of drug-likeness (QED) is 0.813. The lowest BCUT2D eigenvalue weighted by Crippen LogP contribution is -2.23. The molecule has 0 bridgehead atoms. The van der Waals surface area contributed by atoms with Crippen LogP contribution in [-0.4, -0.2) is 44.6 Å². The first-order valence-electron chi connectivity index (χ1n) is 5.91. The molecule has 0 heterocycles. The molecule has 1 aromatic rings. The van der Waals surface area contributed by atoms with Gasteiger partial charge in [0, 0.05) is 18.3 Å². The predicted octanol–water partition coefficient (Wildman–Crippen LogP) is 2.69. The van der Waals surface area contributed by atoms with Crippen LogP contribution in [0.15, 0.2) is 24.3 Å². The molecule has 0 radical (unpaired) electrons. The molecule has 0 saturated carbocycles. The van der Waals surface area contributed by atoms with Crippen molar-refractivity contribution in [1.82, 2.24) is 4.90 Å². The first kappa shape index (κ1) is 14.7. The Kier molecular flexibility index (Phi) is 5.85. The molecule has 0 spiro atoms. The zero-order valence-electron chi connectivity index (χ0n) is 11.0. The topological polar surface area (TPSA) is 24.5 Å². The van der Waals surface area contributed by atoms with Crippen LogP contribution in [0.4, 0.5) is 14.5 Å². The highest BCUT2D eigenvalue weighted by molar-refractivity contribution is 5.48. The fourth-order valence-corrected chi connectivity index (χ4v) is 1.35. The number of ether oxygens (including phenoxy) is 1. The Balaban J connectivity index is 2.51. The van der Waals surface area contributed by atoms with Crippen LogP contribution in [-0.2, 0) is 0 Å². The average molecular weight is 258 g/mol. The Morgan fingerprint density at radius 1 is 1.33 bits per heavy atom. The van der Waals surface area contributed by atoms with Crippen LogP contribution in [0.25, 0.3) is 0 Å². The zero-order chi connectivity index (χ0) is 13.5. The van der Waals surface area contributed by atoms with E-state index in [1.165, 1.54) is 6.92 Å². The van der Waals surface area contributed by atoms with E-state index in [2.05, 4.69) is 5.32 Å². The molecule has 102 valence electrons. The van der Waals surface area contributed by atoms with E-state index < -0.39 is 12.5 Å². The van der Waals surface area contributed by atoms with Gasteiger partial charge in [0.2, 0.25) is 0 Å². The molecule has 0 saturated heterocycles. The normalized spacial score (nSPS) is 12.8. The highest BCUT2D eigenvalue weighted by Crippen LogP contribution is 2.19. The van der Waals surface area contributed by atoms with E-state index in [1.807, 2.05) is 25.1 Å². The number of nitrogens with zero attached hydrogens (tertiary/aromatic N) is 1. The molecular weight excluding hydrogens is 238 g/mol. The summed E-state index contributed by atoms with van der Waals surface area (Å²) in [6, 6.07) is 6.20. The van der Waals surface area contributed by atoms with Gasteiger partial charge in [-0.2, -0.15) is 0 Å². The zero-order valence-corrected chi connectivity index (χ0v) is 11.0. The summed E-state index contributed by atoms with van der Waals surface area (Å²) in [7, 11) is 3.93. The minimum atomic E-state index is -2.39. The van der Waals surface area contributed by atoms with Crippen molar-refractivity contribution in [3.63, 3.8) is 0 Å². The van der Waals surface area contributed by atoms with Gasteiger partial charge in [0.15, 0.2) is 0 Å². The van der Waals surface area contributed by atoms with Crippen LogP contribution < -0.4 is 10.1 Å². The number of rotatable bonds is 7. The molecule has 3 nitrogen and oxygen atoms in total. The van der Waals surface area contributed by atoms with Crippen molar-refractivity contribution in [2.75, 3.05) is 32.6 Å². The van der Waals surface area contributed by atoms with Crippen molar-refractivity contribution >= 4 is 5.69 Å². The maximum absolute atomic E-state index is 12.4. The fourth-order valence-electron chi connectivity index (χ4n) is 1.35. The second kappa shape index (κ2) is 7.16. The Labute approximate surface area is 107 Å². The summed E-state index contributed by atoms with van der Waals surface area (Å²) >= 11 is 0. The van der Waals surface area contributed by atoms with Crippen LogP contribution in [0.2, 0.25) is 0 Å². The summed E-state index contributed by atoms with van der Waals surface area (Å²) in [5, 5.41) is 2.74. The lowest BCUT2D eigenvalue weighted by atomic mass is 10.2. The SMILES string of the molecule is CC(Nc1cccc(OCCN(C)C)c1)C(F)F. The molecule has 1 unspecified atom stereocenters.